The van der Waals surface area contributed by atoms with Gasteiger partial charge in [-0.3, -0.25) is 0 Å². The Morgan fingerprint density at radius 1 is 0.492 bits per heavy atom. The molecule has 65 heavy (non-hydrogen) atoms. The molecule has 2 aliphatic rings. The molecular formula is C59H49N5Si. The maximum absolute atomic E-state index is 10.7. The molecule has 3 heterocycles. The summed E-state index contributed by atoms with van der Waals surface area (Å²) in [5, 5.41) is -5.55. The number of aromatic nitrogens is 4. The average Bonchev–Trinajstić information content (AvgIpc) is 1.51. The molecule has 0 spiro atoms. The fourth-order valence-corrected chi connectivity index (χ4v) is 13.0. The molecule has 1 aliphatic heterocycles. The predicted molar refractivity (Wildman–Crippen MR) is 271 cm³/mol. The van der Waals surface area contributed by atoms with Gasteiger partial charge in [-0.2, -0.15) is 9.97 Å². The third-order valence-corrected chi connectivity index (χ3v) is 16.6. The van der Waals surface area contributed by atoms with Gasteiger partial charge in [-0.05, 0) is 76.3 Å². The van der Waals surface area contributed by atoms with Crippen LogP contribution in [0.5, 0.6) is 0 Å². The Morgan fingerprint density at radius 3 is 1.77 bits per heavy atom. The van der Waals surface area contributed by atoms with Crippen molar-refractivity contribution in [2.75, 3.05) is 4.90 Å². The SMILES string of the molecule is [2H]c1cc2c3c([2H])c([2H])c([2H])c([2H])c3n(-c3c([2H])c([2H])c([2H])c([2H])c3-c3nc(-c4c([2H])c([2H])c([2H])c([Si](c5c([2H])c([2H])c([2H])c([2H])c5[2H])(c5c([2H])c([2H])c([2H])c([2H])c5[2H])c5c([2H])c([2H])c([2H])c([2H])c5[2H])c4[2H])nc(N4c5c([2H])c([2H])c([2H])c([2H])c5C5(C)CCCCC45C)n3)c2c([2H])c1[2H]. The normalized spacial score (nSPS) is 25.5. The molecule has 314 valence electrons. The van der Waals surface area contributed by atoms with E-state index in [4.69, 9.17) is 35.5 Å². The maximum atomic E-state index is 10.7. The van der Waals surface area contributed by atoms with E-state index in [1.54, 1.807) is 13.8 Å². The molecule has 0 saturated heterocycles. The van der Waals surface area contributed by atoms with Gasteiger partial charge in [-0.1, -0.05) is 201 Å². The number of hydrogen-bond donors (Lipinski definition) is 0. The maximum Gasteiger partial charge on any atom is 0.234 e. The number of rotatable bonds is 8. The first kappa shape index (κ1) is 17.5. The molecular weight excluding hydrogens is 807 g/mol. The minimum atomic E-state index is -6.58. The van der Waals surface area contributed by atoms with Crippen LogP contribution in [0.4, 0.5) is 11.6 Å². The third-order valence-electron chi connectivity index (χ3n) is 12.6. The Kier molecular flexibility index (Phi) is 4.15. The van der Waals surface area contributed by atoms with Crippen molar-refractivity contribution in [1.82, 2.24) is 19.5 Å². The first-order valence-corrected chi connectivity index (χ1v) is 22.2. The van der Waals surface area contributed by atoms with E-state index < -0.39 is 296 Å². The van der Waals surface area contributed by atoms with Crippen LogP contribution in [-0.4, -0.2) is 33.1 Å². The lowest BCUT2D eigenvalue weighted by atomic mass is 9.61. The average molecular weight is 890 g/mol. The Bertz CT molecular complexity index is 5150. The summed E-state index contributed by atoms with van der Waals surface area (Å²) in [5.74, 6) is -2.81. The number of anilines is 2. The van der Waals surface area contributed by atoms with Gasteiger partial charge in [-0.15, -0.1) is 0 Å². The third kappa shape index (κ3) is 5.93. The van der Waals surface area contributed by atoms with E-state index in [2.05, 4.69) is 0 Å². The molecule has 2 unspecified atom stereocenters. The van der Waals surface area contributed by atoms with E-state index in [0.717, 1.165) is 10.6 Å². The molecule has 0 N–H and O–H groups in total. The van der Waals surface area contributed by atoms with E-state index in [0.29, 0.717) is 12.8 Å². The van der Waals surface area contributed by atoms with Gasteiger partial charge in [0, 0.05) is 33.0 Å². The molecule has 12 rings (SSSR count). The number of nitrogens with zero attached hydrogens (tertiary/aromatic N) is 5. The molecule has 1 fully saturated rings. The zero-order valence-corrected chi connectivity index (χ0v) is 35.1. The molecule has 1 aliphatic carbocycles. The first-order valence-electron chi connectivity index (χ1n) is 37.2. The number of hydrogen-bond acceptors (Lipinski definition) is 4. The first-order chi connectivity index (χ1) is 46.1. The predicted octanol–water partition coefficient (Wildman–Crippen LogP) is 11.4. The monoisotopic (exact) mass is 890 g/mol. The lowest BCUT2D eigenvalue weighted by Gasteiger charge is -2.49. The van der Waals surface area contributed by atoms with Crippen LogP contribution >= 0.6 is 0 Å². The van der Waals surface area contributed by atoms with Crippen LogP contribution in [0, 0.1) is 0 Å². The highest BCUT2D eigenvalue weighted by molar-refractivity contribution is 7.19. The molecule has 0 radical (unpaired) electrons. The van der Waals surface area contributed by atoms with E-state index in [1.165, 1.54) is 4.90 Å². The zero-order chi connectivity index (χ0) is 73.2. The van der Waals surface area contributed by atoms with Gasteiger partial charge in [0.25, 0.3) is 0 Å². The Balaban J connectivity index is 1.37. The van der Waals surface area contributed by atoms with Crippen molar-refractivity contribution in [3.8, 4) is 28.5 Å². The van der Waals surface area contributed by atoms with Gasteiger partial charge in [0.2, 0.25) is 5.95 Å². The summed E-state index contributed by atoms with van der Waals surface area (Å²) in [5.41, 5.74) is -7.01. The fraction of sp³-hybridized carbons (Fsp3) is 0.136. The smallest absolute Gasteiger partial charge is 0.234 e. The lowest BCUT2D eigenvalue weighted by Crippen LogP contribution is -2.74. The zero-order valence-electron chi connectivity index (χ0n) is 68.1. The molecule has 8 aromatic carbocycles. The molecule has 1 saturated carbocycles. The summed E-state index contributed by atoms with van der Waals surface area (Å²) < 4.78 is 319. The molecule has 0 amide bonds. The van der Waals surface area contributed by atoms with Gasteiger partial charge >= 0.3 is 0 Å². The van der Waals surface area contributed by atoms with E-state index in [1.807, 2.05) is 0 Å². The molecule has 0 bridgehead atoms. The van der Waals surface area contributed by atoms with Crippen LogP contribution in [0.15, 0.2) is 212 Å². The molecule has 10 aromatic rings. The summed E-state index contributed by atoms with van der Waals surface area (Å²) in [6.07, 6.45) is 1.23. The van der Waals surface area contributed by atoms with Crippen LogP contribution < -0.4 is 25.6 Å². The van der Waals surface area contributed by atoms with Crippen molar-refractivity contribution in [2.45, 2.75) is 50.5 Å². The number of benzene rings is 8. The van der Waals surface area contributed by atoms with Crippen LogP contribution in [0.3, 0.4) is 0 Å². The highest BCUT2D eigenvalue weighted by Gasteiger charge is 2.58. The summed E-state index contributed by atoms with van der Waals surface area (Å²) in [6.45, 7) is 3.39. The highest BCUT2D eigenvalue weighted by Crippen LogP contribution is 2.60. The second-order valence-corrected chi connectivity index (χ2v) is 19.2. The van der Waals surface area contributed by atoms with Crippen molar-refractivity contribution < 1.29 is 46.6 Å². The molecule has 5 nitrogen and oxygen atoms in total. The van der Waals surface area contributed by atoms with E-state index >= 15 is 0 Å². The van der Waals surface area contributed by atoms with Gasteiger partial charge in [-0.25, -0.2) is 4.98 Å². The van der Waals surface area contributed by atoms with Gasteiger partial charge in [0.1, 0.15) is 0 Å². The van der Waals surface area contributed by atoms with Crippen LogP contribution in [0.2, 0.25) is 0 Å². The highest BCUT2D eigenvalue weighted by atomic mass is 28.3. The molecule has 6 heteroatoms. The van der Waals surface area contributed by atoms with Crippen molar-refractivity contribution in [2.24, 2.45) is 0 Å². The van der Waals surface area contributed by atoms with Crippen LogP contribution in [-0.2, 0) is 5.41 Å². The topological polar surface area (TPSA) is 46.8 Å². The van der Waals surface area contributed by atoms with Crippen molar-refractivity contribution >= 4 is 62.3 Å². The lowest BCUT2D eigenvalue weighted by molar-refractivity contribution is 0.193. The van der Waals surface area contributed by atoms with Gasteiger partial charge in [0.05, 0.1) is 68.9 Å². The second-order valence-electron chi connectivity index (χ2n) is 15.7. The quantitative estimate of drug-likeness (QED) is 0.113. The summed E-state index contributed by atoms with van der Waals surface area (Å²) in [7, 11) is -6.58. The Labute approximate surface area is 429 Å². The number of para-hydroxylation sites is 4. The van der Waals surface area contributed by atoms with Crippen molar-refractivity contribution in [3.63, 3.8) is 0 Å². The molecule has 2 atom stereocenters. The van der Waals surface area contributed by atoms with Gasteiger partial charge in [0.15, 0.2) is 19.7 Å². The van der Waals surface area contributed by atoms with Crippen molar-refractivity contribution in [1.29, 1.82) is 0 Å². The van der Waals surface area contributed by atoms with Crippen LogP contribution in [0.1, 0.15) is 91.7 Å². The van der Waals surface area contributed by atoms with E-state index in [9.17, 15) is 26.0 Å². The molecule has 2 aromatic heterocycles. The summed E-state index contributed by atoms with van der Waals surface area (Å²) in [6, 6.07) is -35.6. The van der Waals surface area contributed by atoms with Crippen molar-refractivity contribution in [3.05, 3.63) is 217 Å². The Morgan fingerprint density at radius 2 is 1.05 bits per heavy atom. The summed E-state index contributed by atoms with van der Waals surface area (Å²) >= 11 is 0. The van der Waals surface area contributed by atoms with E-state index in [-0.39, 0.29) is 29.5 Å². The largest absolute Gasteiger partial charge is 0.309 e. The second kappa shape index (κ2) is 15.4. The minimum Gasteiger partial charge on any atom is -0.309 e. The standard InChI is InChI=1S/C59H49N5Si/c1-58-39-20-21-40-59(58,2)64(54-38-19-15-34-50(54)58)57-61-55(60-56(62-57)49-33-14-18-37-53(49)63-51-35-16-12-31-47(51)48-32-13-17-36-52(48)63)42-23-22-30-46(41-42)65(43-24-6-3-7-25-43,44-26-8-4-9-27-44)45-28-10-5-11-29-45/h3-19,22-38,41H,20-21,39-40H2,1-2H3/i3D,4D,5D,6D,7D,8D,9D,10D,11D,12D,13D,14D,15D,16D,17D,18D,19D,22D,23D,24D,25D,26D,27D,28D,29D,30D,31D,33D,34D,35D,36D,37D,38D,41D. The summed E-state index contributed by atoms with van der Waals surface area (Å²) in [4.78, 5) is 15.8. The van der Waals surface area contributed by atoms with Gasteiger partial charge < -0.3 is 9.47 Å². The Hall–Kier alpha value is -7.41. The fourth-order valence-electron chi connectivity index (χ4n) is 9.43. The minimum absolute atomic E-state index is 0.0344. The van der Waals surface area contributed by atoms with Crippen LogP contribution in [0.25, 0.3) is 50.3 Å². The number of fused-ring (bicyclic) bond motifs is 6.